The first kappa shape index (κ1) is 17.8. The van der Waals surface area contributed by atoms with Crippen LogP contribution in [0.4, 0.5) is 5.69 Å². The number of hydrogen-bond donors (Lipinski definition) is 2. The minimum atomic E-state index is -0.291. The number of nitrogens with one attached hydrogen (secondary N) is 1. The van der Waals surface area contributed by atoms with Crippen LogP contribution in [-0.2, 0) is 4.74 Å². The molecule has 4 nitrogen and oxygen atoms in total. The standard InChI is InChI=1S/C16H24N2O2.ClH/c1-16(9-3-2-4-10-16)18-11-12-20-15(19)13-5-7-14(17)8-6-13;/h5-8,18H,2-4,9-12,17H2,1H3;1H. The second-order valence-corrected chi connectivity index (χ2v) is 5.81. The van der Waals surface area contributed by atoms with Gasteiger partial charge < -0.3 is 15.8 Å². The number of benzene rings is 1. The van der Waals surface area contributed by atoms with E-state index in [0.29, 0.717) is 24.4 Å². The highest BCUT2D eigenvalue weighted by molar-refractivity contribution is 5.89. The minimum absolute atomic E-state index is 0. The molecule has 1 aromatic rings. The van der Waals surface area contributed by atoms with E-state index in [9.17, 15) is 4.79 Å². The number of esters is 1. The third-order valence-electron chi connectivity index (χ3n) is 3.99. The predicted octanol–water partition coefficient (Wildman–Crippen LogP) is 3.16. The largest absolute Gasteiger partial charge is 0.461 e. The molecule has 0 unspecified atom stereocenters. The van der Waals surface area contributed by atoms with E-state index in [1.165, 1.54) is 32.1 Å². The number of nitrogen functional groups attached to an aromatic ring is 1. The van der Waals surface area contributed by atoms with E-state index in [-0.39, 0.29) is 23.9 Å². The van der Waals surface area contributed by atoms with Crippen molar-refractivity contribution >= 4 is 24.1 Å². The Kier molecular flexibility index (Phi) is 6.99. The average molecular weight is 313 g/mol. The molecule has 1 aliphatic rings. The van der Waals surface area contributed by atoms with Crippen molar-refractivity contribution in [1.82, 2.24) is 5.32 Å². The number of halogens is 1. The Balaban J connectivity index is 0.00000220. The Morgan fingerprint density at radius 2 is 1.86 bits per heavy atom. The van der Waals surface area contributed by atoms with E-state index in [1.807, 2.05) is 0 Å². The van der Waals surface area contributed by atoms with Gasteiger partial charge in [-0.15, -0.1) is 12.4 Å². The van der Waals surface area contributed by atoms with E-state index in [1.54, 1.807) is 24.3 Å². The molecule has 5 heteroatoms. The second kappa shape index (κ2) is 8.25. The van der Waals surface area contributed by atoms with Gasteiger partial charge in [-0.2, -0.15) is 0 Å². The SMILES string of the molecule is CC1(NCCOC(=O)c2ccc(N)cc2)CCCCC1.Cl. The maximum atomic E-state index is 11.8. The smallest absolute Gasteiger partial charge is 0.338 e. The molecule has 118 valence electrons. The molecule has 0 saturated heterocycles. The highest BCUT2D eigenvalue weighted by atomic mass is 35.5. The maximum absolute atomic E-state index is 11.8. The van der Waals surface area contributed by atoms with Crippen LogP contribution in [0.2, 0.25) is 0 Å². The van der Waals surface area contributed by atoms with Crippen LogP contribution >= 0.6 is 12.4 Å². The Bertz CT molecular complexity index is 442. The summed E-state index contributed by atoms with van der Waals surface area (Å²) in [6, 6.07) is 6.79. The van der Waals surface area contributed by atoms with Crippen LogP contribution in [0, 0.1) is 0 Å². The summed E-state index contributed by atoms with van der Waals surface area (Å²) in [5, 5.41) is 3.52. The van der Waals surface area contributed by atoms with Crippen molar-refractivity contribution in [2.75, 3.05) is 18.9 Å². The molecule has 0 bridgehead atoms. The first-order valence-corrected chi connectivity index (χ1v) is 7.37. The molecule has 0 amide bonds. The van der Waals surface area contributed by atoms with Crippen molar-refractivity contribution in [3.63, 3.8) is 0 Å². The summed E-state index contributed by atoms with van der Waals surface area (Å²) in [5.74, 6) is -0.291. The fourth-order valence-corrected chi connectivity index (χ4v) is 2.71. The monoisotopic (exact) mass is 312 g/mol. The zero-order valence-electron chi connectivity index (χ0n) is 12.6. The topological polar surface area (TPSA) is 64.3 Å². The summed E-state index contributed by atoms with van der Waals surface area (Å²) in [6.45, 7) is 3.37. The van der Waals surface area contributed by atoms with Crippen LogP contribution in [0.15, 0.2) is 24.3 Å². The summed E-state index contributed by atoms with van der Waals surface area (Å²) < 4.78 is 5.26. The first-order chi connectivity index (χ1) is 9.59. The molecule has 0 aromatic heterocycles. The molecule has 3 N–H and O–H groups in total. The molecule has 0 aliphatic heterocycles. The number of hydrogen-bond acceptors (Lipinski definition) is 4. The molecule has 2 rings (SSSR count). The van der Waals surface area contributed by atoms with Crippen molar-refractivity contribution in [2.24, 2.45) is 0 Å². The lowest BCUT2D eigenvalue weighted by molar-refractivity contribution is 0.0496. The number of nitrogens with two attached hydrogens (primary N) is 1. The molecule has 1 fully saturated rings. The van der Waals surface area contributed by atoms with Crippen LogP contribution < -0.4 is 11.1 Å². The average Bonchev–Trinajstić information content (AvgIpc) is 2.45. The van der Waals surface area contributed by atoms with Gasteiger partial charge >= 0.3 is 5.97 Å². The summed E-state index contributed by atoms with van der Waals surface area (Å²) >= 11 is 0. The molecule has 0 spiro atoms. The Labute approximate surface area is 132 Å². The van der Waals surface area contributed by atoms with E-state index in [2.05, 4.69) is 12.2 Å². The molecule has 0 atom stereocenters. The minimum Gasteiger partial charge on any atom is -0.461 e. The van der Waals surface area contributed by atoms with Crippen molar-refractivity contribution in [3.05, 3.63) is 29.8 Å². The fourth-order valence-electron chi connectivity index (χ4n) is 2.71. The molecule has 1 aromatic carbocycles. The lowest BCUT2D eigenvalue weighted by Gasteiger charge is -2.34. The van der Waals surface area contributed by atoms with E-state index < -0.39 is 0 Å². The molecular formula is C16H25ClN2O2. The molecule has 1 saturated carbocycles. The van der Waals surface area contributed by atoms with E-state index in [4.69, 9.17) is 10.5 Å². The van der Waals surface area contributed by atoms with Gasteiger partial charge in [0.05, 0.1) is 5.56 Å². The van der Waals surface area contributed by atoms with Gasteiger partial charge in [-0.1, -0.05) is 19.3 Å². The van der Waals surface area contributed by atoms with Gasteiger partial charge in [0, 0.05) is 17.8 Å². The van der Waals surface area contributed by atoms with Gasteiger partial charge in [0.25, 0.3) is 0 Å². The van der Waals surface area contributed by atoms with Crippen molar-refractivity contribution < 1.29 is 9.53 Å². The van der Waals surface area contributed by atoms with Gasteiger partial charge in [-0.3, -0.25) is 0 Å². The summed E-state index contributed by atoms with van der Waals surface area (Å²) in [5.41, 5.74) is 6.99. The number of carbonyl (C=O) groups excluding carboxylic acids is 1. The molecule has 0 radical (unpaired) electrons. The Hall–Kier alpha value is -1.26. The summed E-state index contributed by atoms with van der Waals surface area (Å²) in [7, 11) is 0. The Morgan fingerprint density at radius 3 is 2.48 bits per heavy atom. The van der Waals surface area contributed by atoms with Gasteiger partial charge in [0.15, 0.2) is 0 Å². The van der Waals surface area contributed by atoms with Crippen molar-refractivity contribution in [3.8, 4) is 0 Å². The van der Waals surface area contributed by atoms with Crippen LogP contribution in [-0.4, -0.2) is 24.7 Å². The number of ether oxygens (including phenoxy) is 1. The zero-order valence-corrected chi connectivity index (χ0v) is 13.4. The highest BCUT2D eigenvalue weighted by Crippen LogP contribution is 2.27. The van der Waals surface area contributed by atoms with Crippen LogP contribution in [0.3, 0.4) is 0 Å². The van der Waals surface area contributed by atoms with Crippen molar-refractivity contribution in [2.45, 2.75) is 44.6 Å². The third kappa shape index (κ3) is 5.56. The van der Waals surface area contributed by atoms with E-state index >= 15 is 0 Å². The second-order valence-electron chi connectivity index (χ2n) is 5.81. The van der Waals surface area contributed by atoms with Gasteiger partial charge in [-0.05, 0) is 44.0 Å². The van der Waals surface area contributed by atoms with Crippen LogP contribution in [0.25, 0.3) is 0 Å². The molecule has 21 heavy (non-hydrogen) atoms. The number of rotatable bonds is 5. The zero-order chi connectivity index (χ0) is 14.4. The summed E-state index contributed by atoms with van der Waals surface area (Å²) in [6.07, 6.45) is 6.32. The highest BCUT2D eigenvalue weighted by Gasteiger charge is 2.25. The van der Waals surface area contributed by atoms with Crippen LogP contribution in [0.1, 0.15) is 49.4 Å². The quantitative estimate of drug-likeness (QED) is 0.498. The lowest BCUT2D eigenvalue weighted by Crippen LogP contribution is -2.45. The number of anilines is 1. The first-order valence-electron chi connectivity index (χ1n) is 7.37. The maximum Gasteiger partial charge on any atom is 0.338 e. The normalized spacial score (nSPS) is 16.8. The van der Waals surface area contributed by atoms with Gasteiger partial charge in [-0.25, -0.2) is 4.79 Å². The van der Waals surface area contributed by atoms with Gasteiger partial charge in [0.2, 0.25) is 0 Å². The Morgan fingerprint density at radius 1 is 1.24 bits per heavy atom. The molecule has 0 heterocycles. The molecule has 1 aliphatic carbocycles. The number of carbonyl (C=O) groups is 1. The predicted molar refractivity (Wildman–Crippen MR) is 87.9 cm³/mol. The van der Waals surface area contributed by atoms with E-state index in [0.717, 1.165) is 0 Å². The third-order valence-corrected chi connectivity index (χ3v) is 3.99. The van der Waals surface area contributed by atoms with Crippen molar-refractivity contribution in [1.29, 1.82) is 0 Å². The van der Waals surface area contributed by atoms with Crippen LogP contribution in [0.5, 0.6) is 0 Å². The summed E-state index contributed by atoms with van der Waals surface area (Å²) in [4.78, 5) is 11.8. The lowest BCUT2D eigenvalue weighted by atomic mass is 9.83. The van der Waals surface area contributed by atoms with Gasteiger partial charge in [0.1, 0.15) is 6.61 Å². The molecular weight excluding hydrogens is 288 g/mol. The fraction of sp³-hybridized carbons (Fsp3) is 0.562.